The molecule has 34 heavy (non-hydrogen) atoms. The van der Waals surface area contributed by atoms with Crippen molar-refractivity contribution in [3.8, 4) is 5.75 Å². The number of carbonyl (C=O) groups is 3. The number of thioether (sulfide) groups is 1. The number of ether oxygens (including phenoxy) is 1. The molecule has 0 bridgehead atoms. The Morgan fingerprint density at radius 1 is 1.15 bits per heavy atom. The van der Waals surface area contributed by atoms with Crippen molar-refractivity contribution in [1.29, 1.82) is 0 Å². The lowest BCUT2D eigenvalue weighted by Crippen LogP contribution is -2.35. The molecule has 1 aliphatic heterocycles. The first-order valence-corrected chi connectivity index (χ1v) is 10.6. The van der Waals surface area contributed by atoms with Crippen LogP contribution in [0.15, 0.2) is 57.6 Å². The minimum absolute atomic E-state index is 0.0288. The molecule has 0 radical (unpaired) electrons. The highest BCUT2D eigenvalue weighted by molar-refractivity contribution is 8.18. The Balaban J connectivity index is 1.80. The third-order valence-corrected chi connectivity index (χ3v) is 5.19. The van der Waals surface area contributed by atoms with Gasteiger partial charge in [-0.3, -0.25) is 19.3 Å². The molecular formula is C22H18F3N3O5S. The Hall–Kier alpha value is -3.67. The van der Waals surface area contributed by atoms with E-state index in [0.29, 0.717) is 11.8 Å². The van der Waals surface area contributed by atoms with E-state index in [1.54, 1.807) is 13.8 Å². The van der Waals surface area contributed by atoms with Crippen molar-refractivity contribution < 1.29 is 37.4 Å². The van der Waals surface area contributed by atoms with Crippen LogP contribution in [0.5, 0.6) is 5.75 Å². The molecule has 1 aliphatic rings. The summed E-state index contributed by atoms with van der Waals surface area (Å²) >= 11 is 0.585. The molecule has 2 amide bonds. The van der Waals surface area contributed by atoms with Crippen LogP contribution in [0.2, 0.25) is 0 Å². The van der Waals surface area contributed by atoms with Gasteiger partial charge in [0.25, 0.3) is 11.1 Å². The molecule has 1 saturated heterocycles. The van der Waals surface area contributed by atoms with Crippen LogP contribution in [0.25, 0.3) is 6.08 Å². The molecule has 2 aromatic carbocycles. The molecule has 12 heteroatoms. The number of phenols is 1. The fourth-order valence-corrected chi connectivity index (χ4v) is 3.62. The minimum atomic E-state index is -4.52. The maximum absolute atomic E-state index is 12.8. The van der Waals surface area contributed by atoms with E-state index in [1.807, 2.05) is 0 Å². The molecule has 1 fully saturated rings. The zero-order valence-electron chi connectivity index (χ0n) is 17.9. The molecule has 0 aromatic heterocycles. The smallest absolute Gasteiger partial charge is 0.416 e. The van der Waals surface area contributed by atoms with Gasteiger partial charge in [0.05, 0.1) is 27.9 Å². The largest absolute Gasteiger partial charge is 0.507 e. The van der Waals surface area contributed by atoms with Crippen molar-refractivity contribution in [2.24, 2.45) is 10.2 Å². The Kier molecular flexibility index (Phi) is 7.40. The summed E-state index contributed by atoms with van der Waals surface area (Å²) in [6.07, 6.45) is -3.68. The fourth-order valence-electron chi connectivity index (χ4n) is 2.79. The van der Waals surface area contributed by atoms with Gasteiger partial charge in [-0.15, -0.1) is 0 Å². The molecule has 178 valence electrons. The van der Waals surface area contributed by atoms with Gasteiger partial charge >= 0.3 is 12.1 Å². The van der Waals surface area contributed by atoms with Crippen LogP contribution in [0.4, 0.5) is 29.3 Å². The normalized spacial score (nSPS) is 15.7. The van der Waals surface area contributed by atoms with Gasteiger partial charge in [0.1, 0.15) is 12.3 Å². The Labute approximate surface area is 196 Å². The molecule has 0 aliphatic carbocycles. The van der Waals surface area contributed by atoms with E-state index in [-0.39, 0.29) is 27.6 Å². The summed E-state index contributed by atoms with van der Waals surface area (Å²) in [6, 6.07) is 8.27. The lowest BCUT2D eigenvalue weighted by molar-refractivity contribution is -0.149. The first-order chi connectivity index (χ1) is 15.9. The monoisotopic (exact) mass is 493 g/mol. The van der Waals surface area contributed by atoms with Crippen LogP contribution >= 0.6 is 11.8 Å². The highest BCUT2D eigenvalue weighted by atomic mass is 32.2. The minimum Gasteiger partial charge on any atom is -0.507 e. The highest BCUT2D eigenvalue weighted by Crippen LogP contribution is 2.35. The van der Waals surface area contributed by atoms with Crippen LogP contribution in [-0.4, -0.2) is 39.8 Å². The first kappa shape index (κ1) is 25.0. The van der Waals surface area contributed by atoms with Crippen molar-refractivity contribution in [3.05, 3.63) is 58.5 Å². The van der Waals surface area contributed by atoms with Gasteiger partial charge < -0.3 is 9.84 Å². The second-order valence-electron chi connectivity index (χ2n) is 7.30. The van der Waals surface area contributed by atoms with Crippen molar-refractivity contribution in [1.82, 2.24) is 4.90 Å². The van der Waals surface area contributed by atoms with E-state index in [9.17, 15) is 32.7 Å². The third-order valence-electron chi connectivity index (χ3n) is 4.28. The molecule has 0 saturated carbocycles. The van der Waals surface area contributed by atoms with Gasteiger partial charge in [0.15, 0.2) is 0 Å². The van der Waals surface area contributed by atoms with Crippen LogP contribution < -0.4 is 0 Å². The van der Waals surface area contributed by atoms with Gasteiger partial charge in [-0.2, -0.15) is 23.4 Å². The van der Waals surface area contributed by atoms with E-state index in [2.05, 4.69) is 10.2 Å². The van der Waals surface area contributed by atoms with Crippen LogP contribution in [-0.2, 0) is 20.5 Å². The number of phenolic OH excluding ortho intramolecular Hbond substituents is 1. The maximum atomic E-state index is 12.8. The molecule has 0 spiro atoms. The molecule has 1 N–H and O–H groups in total. The average molecular weight is 493 g/mol. The number of halogens is 3. The number of aromatic hydroxyl groups is 1. The number of hydrogen-bond acceptors (Lipinski definition) is 8. The van der Waals surface area contributed by atoms with Crippen molar-refractivity contribution >= 4 is 46.3 Å². The number of nitrogens with zero attached hydrogens (tertiary/aromatic N) is 3. The summed E-state index contributed by atoms with van der Waals surface area (Å²) in [5.74, 6) is -1.70. The van der Waals surface area contributed by atoms with Gasteiger partial charge in [-0.05, 0) is 68.1 Å². The van der Waals surface area contributed by atoms with Crippen molar-refractivity contribution in [2.75, 3.05) is 6.54 Å². The zero-order valence-corrected chi connectivity index (χ0v) is 18.7. The van der Waals surface area contributed by atoms with Gasteiger partial charge in [0, 0.05) is 5.56 Å². The number of hydrogen-bond donors (Lipinski definition) is 1. The zero-order chi connectivity index (χ0) is 25.0. The van der Waals surface area contributed by atoms with Crippen molar-refractivity contribution in [3.63, 3.8) is 0 Å². The quantitative estimate of drug-likeness (QED) is 0.309. The number of carbonyl (C=O) groups excluding carboxylic acids is 3. The Morgan fingerprint density at radius 3 is 2.47 bits per heavy atom. The maximum Gasteiger partial charge on any atom is 0.416 e. The van der Waals surface area contributed by atoms with E-state index < -0.39 is 41.5 Å². The molecular weight excluding hydrogens is 475 g/mol. The van der Waals surface area contributed by atoms with E-state index in [0.717, 1.165) is 17.0 Å². The summed E-state index contributed by atoms with van der Waals surface area (Å²) in [7, 11) is 0. The Bertz CT molecular complexity index is 1190. The van der Waals surface area contributed by atoms with Gasteiger partial charge in [0.2, 0.25) is 0 Å². The predicted molar refractivity (Wildman–Crippen MR) is 118 cm³/mol. The summed E-state index contributed by atoms with van der Waals surface area (Å²) in [6.45, 7) is 2.72. The Morgan fingerprint density at radius 2 is 1.82 bits per heavy atom. The summed E-state index contributed by atoms with van der Waals surface area (Å²) in [4.78, 5) is 37.2. The lowest BCUT2D eigenvalue weighted by atomic mass is 10.1. The van der Waals surface area contributed by atoms with Crippen LogP contribution in [0.1, 0.15) is 25.0 Å². The number of azo groups is 1. The summed E-state index contributed by atoms with van der Waals surface area (Å²) in [5, 5.41) is 17.1. The molecule has 0 atom stereocenters. The standard InChI is InChI=1S/C22H18F3N3O5S/c1-12(2)33-19(30)11-28-20(31)18(34-21(28)32)9-13-8-16(6-7-17(13)29)27-26-15-5-3-4-14(10-15)22(23,24)25/h3-10,12,29H,11H2,1-2H3/b18-9-,27-26?. The van der Waals surface area contributed by atoms with E-state index >= 15 is 0 Å². The highest BCUT2D eigenvalue weighted by Gasteiger charge is 2.37. The molecule has 3 rings (SSSR count). The molecule has 1 heterocycles. The third kappa shape index (κ3) is 6.22. The number of esters is 1. The SMILES string of the molecule is CC(C)OC(=O)CN1C(=O)S/C(=C\c2cc(N=Nc3cccc(C(F)(F)F)c3)ccc2O)C1=O. The van der Waals surface area contributed by atoms with Gasteiger partial charge in [-0.1, -0.05) is 6.07 Å². The molecule has 8 nitrogen and oxygen atoms in total. The van der Waals surface area contributed by atoms with Crippen molar-refractivity contribution in [2.45, 2.75) is 26.1 Å². The van der Waals surface area contributed by atoms with Crippen LogP contribution in [0, 0.1) is 0 Å². The average Bonchev–Trinajstić information content (AvgIpc) is 3.00. The number of amides is 2. The number of alkyl halides is 3. The van der Waals surface area contributed by atoms with Crippen LogP contribution in [0.3, 0.4) is 0 Å². The topological polar surface area (TPSA) is 109 Å². The fraction of sp³-hybridized carbons (Fsp3) is 0.227. The predicted octanol–water partition coefficient (Wildman–Crippen LogP) is 5.81. The van der Waals surface area contributed by atoms with E-state index in [1.165, 1.54) is 36.4 Å². The first-order valence-electron chi connectivity index (χ1n) is 9.81. The second-order valence-corrected chi connectivity index (χ2v) is 8.29. The van der Waals surface area contributed by atoms with E-state index in [4.69, 9.17) is 4.74 Å². The number of benzene rings is 2. The number of rotatable bonds is 6. The lowest BCUT2D eigenvalue weighted by Gasteiger charge is -2.13. The summed E-state index contributed by atoms with van der Waals surface area (Å²) in [5.41, 5.74) is -0.598. The second kappa shape index (κ2) is 10.1. The molecule has 2 aromatic rings. The summed E-state index contributed by atoms with van der Waals surface area (Å²) < 4.78 is 43.5. The molecule has 0 unspecified atom stereocenters. The number of imide groups is 1. The van der Waals surface area contributed by atoms with Gasteiger partial charge in [-0.25, -0.2) is 0 Å².